The van der Waals surface area contributed by atoms with Crippen molar-refractivity contribution < 1.29 is 22.8 Å². The van der Waals surface area contributed by atoms with Crippen molar-refractivity contribution >= 4 is 28.1 Å². The Labute approximate surface area is 117 Å². The summed E-state index contributed by atoms with van der Waals surface area (Å²) in [5, 5.41) is 0. The quantitative estimate of drug-likeness (QED) is 0.462. The maximum atomic E-state index is 12.0. The van der Waals surface area contributed by atoms with Crippen LogP contribution in [0.25, 0.3) is 0 Å². The molecule has 1 unspecified atom stereocenters. The lowest BCUT2D eigenvalue weighted by molar-refractivity contribution is -0.154. The van der Waals surface area contributed by atoms with Crippen LogP contribution in [0.2, 0.25) is 0 Å². The molecule has 0 saturated carbocycles. The number of sulfone groups is 1. The molecule has 3 amide bonds. The summed E-state index contributed by atoms with van der Waals surface area (Å²) in [6, 6.07) is -0.514. The molecule has 0 radical (unpaired) electrons. The lowest BCUT2D eigenvalue weighted by Gasteiger charge is -2.24. The van der Waals surface area contributed by atoms with Crippen molar-refractivity contribution in [3.05, 3.63) is 0 Å². The molecule has 1 fully saturated rings. The van der Waals surface area contributed by atoms with Crippen molar-refractivity contribution in [2.75, 3.05) is 31.6 Å². The molecule has 0 aliphatic carbocycles. The van der Waals surface area contributed by atoms with Gasteiger partial charge in [-0.1, -0.05) is 0 Å². The highest BCUT2D eigenvalue weighted by atomic mass is 32.2. The molecule has 1 aliphatic rings. The van der Waals surface area contributed by atoms with Gasteiger partial charge in [0, 0.05) is 19.6 Å². The summed E-state index contributed by atoms with van der Waals surface area (Å²) in [6.07, 6.45) is 0.996. The first-order chi connectivity index (χ1) is 9.32. The molecular weight excluding hydrogens is 286 g/mol. The van der Waals surface area contributed by atoms with E-state index in [1.807, 2.05) is 0 Å². The molecule has 114 valence electrons. The van der Waals surface area contributed by atoms with E-state index in [0.717, 1.165) is 9.80 Å². The number of nitrogens with zero attached hydrogens (tertiary/aromatic N) is 2. The van der Waals surface area contributed by atoms with Crippen molar-refractivity contribution in [3.63, 3.8) is 0 Å². The van der Waals surface area contributed by atoms with Gasteiger partial charge in [0.05, 0.1) is 11.5 Å². The van der Waals surface area contributed by atoms with E-state index in [0.29, 0.717) is 19.4 Å². The van der Waals surface area contributed by atoms with Crippen LogP contribution >= 0.6 is 0 Å². The Morgan fingerprint density at radius 1 is 1.35 bits per heavy atom. The van der Waals surface area contributed by atoms with Crippen LogP contribution in [-0.4, -0.2) is 74.1 Å². The highest BCUT2D eigenvalue weighted by molar-refractivity contribution is 7.91. The number of hydrogen-bond acceptors (Lipinski definition) is 6. The number of likely N-dealkylation sites (N-methyl/N-ethyl adjacent to an activating group) is 1. The van der Waals surface area contributed by atoms with Crippen LogP contribution in [0.1, 0.15) is 12.8 Å². The minimum absolute atomic E-state index is 0.00798. The summed E-state index contributed by atoms with van der Waals surface area (Å²) in [5.41, 5.74) is 5.28. The van der Waals surface area contributed by atoms with Gasteiger partial charge < -0.3 is 10.6 Å². The summed E-state index contributed by atoms with van der Waals surface area (Å²) < 4.78 is 22.7. The Morgan fingerprint density at radius 2 is 2.00 bits per heavy atom. The monoisotopic (exact) mass is 305 g/mol. The number of nitrogens with two attached hydrogens (primary N) is 1. The van der Waals surface area contributed by atoms with E-state index in [1.165, 1.54) is 7.05 Å². The Balaban J connectivity index is 2.68. The second-order valence-corrected chi connectivity index (χ2v) is 6.95. The van der Waals surface area contributed by atoms with Crippen LogP contribution in [0.4, 0.5) is 0 Å². The molecule has 0 aromatic rings. The second kappa shape index (κ2) is 6.80. The zero-order valence-corrected chi connectivity index (χ0v) is 12.1. The van der Waals surface area contributed by atoms with Crippen LogP contribution in [0.3, 0.4) is 0 Å². The van der Waals surface area contributed by atoms with Crippen molar-refractivity contribution in [1.82, 2.24) is 9.80 Å². The molecule has 1 heterocycles. The van der Waals surface area contributed by atoms with E-state index in [4.69, 9.17) is 5.73 Å². The fraction of sp³-hybridized carbons (Fsp3) is 0.727. The van der Waals surface area contributed by atoms with Gasteiger partial charge in [-0.25, -0.2) is 8.42 Å². The number of carbonyl (C=O) groups is 3. The molecule has 1 atom stereocenters. The molecule has 9 heteroatoms. The van der Waals surface area contributed by atoms with Crippen molar-refractivity contribution in [1.29, 1.82) is 0 Å². The third-order valence-electron chi connectivity index (χ3n) is 3.25. The highest BCUT2D eigenvalue weighted by Crippen LogP contribution is 2.16. The molecule has 20 heavy (non-hydrogen) atoms. The van der Waals surface area contributed by atoms with E-state index in [1.54, 1.807) is 0 Å². The van der Waals surface area contributed by atoms with Crippen molar-refractivity contribution in [2.45, 2.75) is 18.9 Å². The molecule has 2 N–H and O–H groups in total. The van der Waals surface area contributed by atoms with Crippen molar-refractivity contribution in [2.24, 2.45) is 5.73 Å². The van der Waals surface area contributed by atoms with Crippen LogP contribution in [-0.2, 0) is 24.2 Å². The van der Waals surface area contributed by atoms with Gasteiger partial charge in [0.2, 0.25) is 6.41 Å². The second-order valence-electron chi connectivity index (χ2n) is 4.72. The topological polar surface area (TPSA) is 118 Å². The summed E-state index contributed by atoms with van der Waals surface area (Å²) in [7, 11) is -1.77. The minimum atomic E-state index is -3.14. The van der Waals surface area contributed by atoms with Gasteiger partial charge in [-0.15, -0.1) is 0 Å². The number of amides is 3. The van der Waals surface area contributed by atoms with Gasteiger partial charge in [0.1, 0.15) is 0 Å². The Bertz CT molecular complexity index is 490. The normalized spacial score (nSPS) is 20.4. The van der Waals surface area contributed by atoms with E-state index in [-0.39, 0.29) is 24.5 Å². The average molecular weight is 305 g/mol. The first-order valence-electron chi connectivity index (χ1n) is 6.26. The van der Waals surface area contributed by atoms with E-state index in [9.17, 15) is 22.8 Å². The zero-order valence-electron chi connectivity index (χ0n) is 11.3. The van der Waals surface area contributed by atoms with Crippen LogP contribution in [0.5, 0.6) is 0 Å². The van der Waals surface area contributed by atoms with E-state index < -0.39 is 27.7 Å². The minimum Gasteiger partial charge on any atom is -0.333 e. The molecule has 0 bridgehead atoms. The van der Waals surface area contributed by atoms with E-state index >= 15 is 0 Å². The Morgan fingerprint density at radius 3 is 2.45 bits per heavy atom. The van der Waals surface area contributed by atoms with Crippen molar-refractivity contribution in [3.8, 4) is 0 Å². The first-order valence-corrected chi connectivity index (χ1v) is 8.08. The molecule has 1 aliphatic heterocycles. The maximum Gasteiger partial charge on any atom is 0.318 e. The number of carbonyl (C=O) groups excluding carboxylic acids is 3. The van der Waals surface area contributed by atoms with Crippen LogP contribution in [0, 0.1) is 0 Å². The molecule has 1 saturated heterocycles. The Hall–Kier alpha value is -1.48. The average Bonchev–Trinajstić information content (AvgIpc) is 2.78. The van der Waals surface area contributed by atoms with Gasteiger partial charge >= 0.3 is 11.8 Å². The van der Waals surface area contributed by atoms with Crippen LogP contribution in [0.15, 0.2) is 0 Å². The maximum absolute atomic E-state index is 12.0. The van der Waals surface area contributed by atoms with E-state index in [2.05, 4.69) is 0 Å². The summed E-state index contributed by atoms with van der Waals surface area (Å²) >= 11 is 0. The van der Waals surface area contributed by atoms with Crippen LogP contribution < -0.4 is 5.73 Å². The molecular formula is C11H19N3O5S. The molecule has 0 aromatic carbocycles. The molecule has 1 rings (SSSR count). The number of hydrogen-bond donors (Lipinski definition) is 1. The third kappa shape index (κ3) is 4.01. The Kier molecular flexibility index (Phi) is 5.63. The van der Waals surface area contributed by atoms with Gasteiger partial charge in [-0.3, -0.25) is 19.3 Å². The molecule has 0 aromatic heterocycles. The van der Waals surface area contributed by atoms with Gasteiger partial charge in [0.25, 0.3) is 0 Å². The summed E-state index contributed by atoms with van der Waals surface area (Å²) in [4.78, 5) is 36.5. The SMILES string of the molecule is CN(C(=O)C(=O)N(C=O)CCCN)C1CCS(=O)(=O)C1. The predicted molar refractivity (Wildman–Crippen MR) is 71.3 cm³/mol. The lowest BCUT2D eigenvalue weighted by Crippen LogP contribution is -2.47. The summed E-state index contributed by atoms with van der Waals surface area (Å²) in [5.74, 6) is -1.98. The fourth-order valence-electron chi connectivity index (χ4n) is 1.98. The lowest BCUT2D eigenvalue weighted by atomic mass is 10.2. The largest absolute Gasteiger partial charge is 0.333 e. The highest BCUT2D eigenvalue weighted by Gasteiger charge is 2.35. The number of imide groups is 1. The molecule has 0 spiro atoms. The fourth-order valence-corrected chi connectivity index (χ4v) is 3.76. The molecule has 8 nitrogen and oxygen atoms in total. The first kappa shape index (κ1) is 16.6. The van der Waals surface area contributed by atoms with Gasteiger partial charge in [-0.05, 0) is 19.4 Å². The van der Waals surface area contributed by atoms with Gasteiger partial charge in [-0.2, -0.15) is 0 Å². The number of rotatable bonds is 5. The third-order valence-corrected chi connectivity index (χ3v) is 5.00. The van der Waals surface area contributed by atoms with Gasteiger partial charge in [0.15, 0.2) is 9.84 Å². The standard InChI is InChI=1S/C11H19N3O5S/c1-13(9-3-6-20(18,19)7-9)10(16)11(17)14(8-15)5-2-4-12/h8-9H,2-7,12H2,1H3. The zero-order chi connectivity index (χ0) is 15.3. The smallest absolute Gasteiger partial charge is 0.318 e. The summed E-state index contributed by atoms with van der Waals surface area (Å²) in [6.45, 7) is 0.365. The predicted octanol–water partition coefficient (Wildman–Crippen LogP) is -2.03.